The lowest BCUT2D eigenvalue weighted by Gasteiger charge is -2.17. The largest absolute Gasteiger partial charge is 0.416 e. The maximum atomic E-state index is 12.5. The molecule has 0 amide bonds. The zero-order valence-corrected chi connectivity index (χ0v) is 11.1. The summed E-state index contributed by atoms with van der Waals surface area (Å²) in [4.78, 5) is 0. The summed E-state index contributed by atoms with van der Waals surface area (Å²) < 4.78 is 37.6. The van der Waals surface area contributed by atoms with Crippen LogP contribution in [0.3, 0.4) is 0 Å². The van der Waals surface area contributed by atoms with Gasteiger partial charge in [0.1, 0.15) is 0 Å². The fraction of sp³-hybridized carbons (Fsp3) is 0.250. The van der Waals surface area contributed by atoms with Gasteiger partial charge < -0.3 is 5.73 Å². The predicted molar refractivity (Wildman–Crippen MR) is 73.3 cm³/mol. The van der Waals surface area contributed by atoms with E-state index in [2.05, 4.69) is 0 Å². The van der Waals surface area contributed by atoms with Crippen LogP contribution in [-0.2, 0) is 12.6 Å². The van der Waals surface area contributed by atoms with E-state index in [9.17, 15) is 13.2 Å². The van der Waals surface area contributed by atoms with Crippen LogP contribution in [0.15, 0.2) is 48.5 Å². The quantitative estimate of drug-likeness (QED) is 0.889. The minimum absolute atomic E-state index is 0.409. The van der Waals surface area contributed by atoms with E-state index in [-0.39, 0.29) is 0 Å². The van der Waals surface area contributed by atoms with Crippen LogP contribution in [0, 0.1) is 0 Å². The maximum absolute atomic E-state index is 12.5. The van der Waals surface area contributed by atoms with E-state index in [1.54, 1.807) is 0 Å². The third-order valence-corrected chi connectivity index (χ3v) is 3.37. The van der Waals surface area contributed by atoms with E-state index in [4.69, 9.17) is 5.73 Å². The van der Waals surface area contributed by atoms with Crippen LogP contribution < -0.4 is 5.73 Å². The van der Waals surface area contributed by atoms with Crippen molar-refractivity contribution in [2.24, 2.45) is 5.73 Å². The molecule has 2 rings (SSSR count). The Labute approximate surface area is 116 Å². The molecule has 0 heterocycles. The topological polar surface area (TPSA) is 26.0 Å². The number of nitrogens with two attached hydrogens (primary N) is 1. The first kappa shape index (κ1) is 14.6. The molecule has 20 heavy (non-hydrogen) atoms. The zero-order chi connectivity index (χ0) is 14.8. The number of alkyl halides is 3. The van der Waals surface area contributed by atoms with Crippen molar-refractivity contribution in [3.63, 3.8) is 0 Å². The molecule has 0 aliphatic carbocycles. The second-order valence-corrected chi connectivity index (χ2v) is 4.65. The summed E-state index contributed by atoms with van der Waals surface area (Å²) in [7, 11) is 0. The van der Waals surface area contributed by atoms with Gasteiger partial charge >= 0.3 is 6.18 Å². The summed E-state index contributed by atoms with van der Waals surface area (Å²) in [6.45, 7) is 2.03. The van der Waals surface area contributed by atoms with Crippen molar-refractivity contribution in [3.8, 4) is 0 Å². The monoisotopic (exact) mass is 279 g/mol. The summed E-state index contributed by atoms with van der Waals surface area (Å²) in [5, 5.41) is 0. The van der Waals surface area contributed by atoms with Gasteiger partial charge in [-0.05, 0) is 35.2 Å². The SMILES string of the molecule is CCc1ccccc1C(N)c1ccc(C(F)(F)F)cc1. The molecule has 2 aromatic carbocycles. The first-order chi connectivity index (χ1) is 9.43. The van der Waals surface area contributed by atoms with E-state index < -0.39 is 17.8 Å². The third-order valence-electron chi connectivity index (χ3n) is 3.37. The van der Waals surface area contributed by atoms with Crippen LogP contribution in [0.1, 0.15) is 35.2 Å². The zero-order valence-electron chi connectivity index (χ0n) is 11.1. The van der Waals surface area contributed by atoms with Crippen LogP contribution in [0.5, 0.6) is 0 Å². The van der Waals surface area contributed by atoms with Gasteiger partial charge in [-0.15, -0.1) is 0 Å². The van der Waals surface area contributed by atoms with Crippen LogP contribution in [0.4, 0.5) is 13.2 Å². The van der Waals surface area contributed by atoms with Gasteiger partial charge in [0.15, 0.2) is 0 Å². The van der Waals surface area contributed by atoms with Gasteiger partial charge in [0.2, 0.25) is 0 Å². The lowest BCUT2D eigenvalue weighted by Crippen LogP contribution is -2.14. The summed E-state index contributed by atoms with van der Waals surface area (Å²) in [6.07, 6.45) is -3.48. The lowest BCUT2D eigenvalue weighted by molar-refractivity contribution is -0.137. The molecular formula is C16H16F3N. The average Bonchev–Trinajstić information content (AvgIpc) is 2.45. The van der Waals surface area contributed by atoms with Crippen LogP contribution in [0.2, 0.25) is 0 Å². The molecule has 0 fully saturated rings. The van der Waals surface area contributed by atoms with E-state index >= 15 is 0 Å². The normalized spacial score (nSPS) is 13.2. The van der Waals surface area contributed by atoms with Gasteiger partial charge in [-0.1, -0.05) is 43.3 Å². The first-order valence-electron chi connectivity index (χ1n) is 6.44. The second kappa shape index (κ2) is 5.67. The standard InChI is InChI=1S/C16H16F3N/c1-2-11-5-3-4-6-14(11)15(20)12-7-9-13(10-8-12)16(17,18)19/h3-10,15H,2,20H2,1H3. The summed E-state index contributed by atoms with van der Waals surface area (Å²) in [6, 6.07) is 12.3. The first-order valence-corrected chi connectivity index (χ1v) is 6.44. The number of hydrogen-bond acceptors (Lipinski definition) is 1. The molecule has 4 heteroatoms. The predicted octanol–water partition coefficient (Wildman–Crippen LogP) is 4.32. The molecule has 0 saturated heterocycles. The Morgan fingerprint density at radius 1 is 1.00 bits per heavy atom. The summed E-state index contributed by atoms with van der Waals surface area (Å²) in [5.41, 5.74) is 8.26. The van der Waals surface area contributed by atoms with Crippen LogP contribution in [0.25, 0.3) is 0 Å². The highest BCUT2D eigenvalue weighted by molar-refractivity contribution is 5.38. The number of benzene rings is 2. The molecule has 0 radical (unpaired) electrons. The van der Waals surface area contributed by atoms with Crippen LogP contribution in [-0.4, -0.2) is 0 Å². The van der Waals surface area contributed by atoms with Crippen molar-refractivity contribution >= 4 is 0 Å². The summed E-state index contributed by atoms with van der Waals surface area (Å²) >= 11 is 0. The van der Waals surface area contributed by atoms with Gasteiger partial charge in [0, 0.05) is 0 Å². The van der Waals surface area contributed by atoms with Crippen LogP contribution >= 0.6 is 0 Å². The van der Waals surface area contributed by atoms with Crippen molar-refractivity contribution in [3.05, 3.63) is 70.8 Å². The number of rotatable bonds is 3. The molecule has 0 aliphatic heterocycles. The minimum Gasteiger partial charge on any atom is -0.320 e. The number of halogens is 3. The molecule has 2 aromatic rings. The molecule has 1 unspecified atom stereocenters. The van der Waals surface area contributed by atoms with Crippen molar-refractivity contribution in [1.82, 2.24) is 0 Å². The van der Waals surface area contributed by atoms with Crippen molar-refractivity contribution in [2.75, 3.05) is 0 Å². The Morgan fingerprint density at radius 3 is 2.15 bits per heavy atom. The van der Waals surface area contributed by atoms with Crippen molar-refractivity contribution in [2.45, 2.75) is 25.6 Å². The highest BCUT2D eigenvalue weighted by atomic mass is 19.4. The van der Waals surface area contributed by atoms with E-state index in [0.29, 0.717) is 5.56 Å². The molecular weight excluding hydrogens is 263 g/mol. The number of aryl methyl sites for hydroxylation is 1. The minimum atomic E-state index is -4.32. The van der Waals surface area contributed by atoms with Gasteiger partial charge in [-0.2, -0.15) is 13.2 Å². The molecule has 0 bridgehead atoms. The Hall–Kier alpha value is -1.81. The van der Waals surface area contributed by atoms with Crippen molar-refractivity contribution < 1.29 is 13.2 Å². The fourth-order valence-corrected chi connectivity index (χ4v) is 2.22. The summed E-state index contributed by atoms with van der Waals surface area (Å²) in [5.74, 6) is 0. The van der Waals surface area contributed by atoms with Gasteiger partial charge in [-0.25, -0.2) is 0 Å². The van der Waals surface area contributed by atoms with Gasteiger partial charge in [0.05, 0.1) is 11.6 Å². The Morgan fingerprint density at radius 2 is 1.60 bits per heavy atom. The Kier molecular flexibility index (Phi) is 4.14. The maximum Gasteiger partial charge on any atom is 0.416 e. The van der Waals surface area contributed by atoms with Crippen molar-refractivity contribution in [1.29, 1.82) is 0 Å². The second-order valence-electron chi connectivity index (χ2n) is 4.65. The molecule has 1 nitrogen and oxygen atoms in total. The van der Waals surface area contributed by atoms with Gasteiger partial charge in [0.25, 0.3) is 0 Å². The molecule has 0 spiro atoms. The molecule has 1 atom stereocenters. The van der Waals surface area contributed by atoms with Gasteiger partial charge in [-0.3, -0.25) is 0 Å². The molecule has 106 valence electrons. The fourth-order valence-electron chi connectivity index (χ4n) is 2.22. The average molecular weight is 279 g/mol. The van der Waals surface area contributed by atoms with E-state index in [1.807, 2.05) is 31.2 Å². The Balaban J connectivity index is 2.32. The smallest absolute Gasteiger partial charge is 0.320 e. The molecule has 0 aromatic heterocycles. The molecule has 0 aliphatic rings. The van der Waals surface area contributed by atoms with E-state index in [0.717, 1.165) is 29.7 Å². The highest BCUT2D eigenvalue weighted by Crippen LogP contribution is 2.31. The highest BCUT2D eigenvalue weighted by Gasteiger charge is 2.30. The molecule has 0 saturated carbocycles. The lowest BCUT2D eigenvalue weighted by atomic mass is 9.93. The Bertz CT molecular complexity index is 573. The number of hydrogen-bond donors (Lipinski definition) is 1. The van der Waals surface area contributed by atoms with E-state index in [1.165, 1.54) is 12.1 Å². The molecule has 2 N–H and O–H groups in total. The third kappa shape index (κ3) is 3.02.